The molecule has 1 fully saturated rings. The number of aromatic nitrogens is 1. The largest absolute Gasteiger partial charge is 0.356 e. The van der Waals surface area contributed by atoms with E-state index in [1.165, 1.54) is 16.6 Å². The third-order valence-corrected chi connectivity index (χ3v) is 6.65. The van der Waals surface area contributed by atoms with Crippen LogP contribution in [0.3, 0.4) is 0 Å². The van der Waals surface area contributed by atoms with Crippen LogP contribution >= 0.6 is 11.3 Å². The molecule has 0 unspecified atom stereocenters. The first-order chi connectivity index (χ1) is 11.0. The lowest BCUT2D eigenvalue weighted by Gasteiger charge is -2.15. The van der Waals surface area contributed by atoms with Gasteiger partial charge in [0.15, 0.2) is 0 Å². The number of rotatable bonds is 5. The predicted octanol–water partition coefficient (Wildman–Crippen LogP) is 2.13. The van der Waals surface area contributed by atoms with E-state index >= 15 is 0 Å². The van der Waals surface area contributed by atoms with Crippen molar-refractivity contribution in [2.45, 2.75) is 24.3 Å². The normalized spacial score (nSPS) is 15.9. The highest BCUT2D eigenvalue weighted by Crippen LogP contribution is 2.22. The molecule has 23 heavy (non-hydrogen) atoms. The van der Waals surface area contributed by atoms with Crippen molar-refractivity contribution in [1.82, 2.24) is 14.2 Å². The molecule has 0 aromatic carbocycles. The van der Waals surface area contributed by atoms with Gasteiger partial charge in [-0.2, -0.15) is 4.31 Å². The summed E-state index contributed by atoms with van der Waals surface area (Å²) in [5.41, 5.74) is 0.293. The Bertz CT molecular complexity index is 775. The van der Waals surface area contributed by atoms with Gasteiger partial charge in [-0.3, -0.25) is 4.79 Å². The van der Waals surface area contributed by atoms with Gasteiger partial charge < -0.3 is 9.88 Å². The second-order valence-electron chi connectivity index (χ2n) is 5.60. The van der Waals surface area contributed by atoms with Gasteiger partial charge in [0.2, 0.25) is 10.0 Å². The van der Waals surface area contributed by atoms with Crippen molar-refractivity contribution in [2.75, 3.05) is 20.1 Å². The van der Waals surface area contributed by atoms with Crippen LogP contribution in [0.5, 0.6) is 0 Å². The van der Waals surface area contributed by atoms with Crippen LogP contribution in [0.2, 0.25) is 0 Å². The summed E-state index contributed by atoms with van der Waals surface area (Å²) < 4.78 is 26.4. The van der Waals surface area contributed by atoms with E-state index in [0.29, 0.717) is 25.3 Å². The van der Waals surface area contributed by atoms with Crippen LogP contribution in [0.4, 0.5) is 0 Å². The zero-order valence-corrected chi connectivity index (χ0v) is 14.5. The molecule has 1 N–H and O–H groups in total. The molecule has 2 aromatic rings. The van der Waals surface area contributed by atoms with Gasteiger partial charge in [-0.1, -0.05) is 6.07 Å². The van der Waals surface area contributed by atoms with Crippen molar-refractivity contribution in [3.8, 4) is 0 Å². The van der Waals surface area contributed by atoms with Crippen LogP contribution in [0.15, 0.2) is 34.7 Å². The van der Waals surface area contributed by atoms with E-state index in [1.54, 1.807) is 23.3 Å². The topological polar surface area (TPSA) is 73.5 Å². The highest BCUT2D eigenvalue weighted by molar-refractivity contribution is 7.89. The first-order valence-electron chi connectivity index (χ1n) is 7.45. The smallest absolute Gasteiger partial charge is 0.270 e. The maximum absolute atomic E-state index is 12.5. The van der Waals surface area contributed by atoms with Gasteiger partial charge in [0.1, 0.15) is 10.6 Å². The number of carbonyl (C=O) groups is 1. The molecule has 124 valence electrons. The molecule has 0 radical (unpaired) electrons. The summed E-state index contributed by atoms with van der Waals surface area (Å²) >= 11 is 1.58. The van der Waals surface area contributed by atoms with Crippen molar-refractivity contribution >= 4 is 27.3 Å². The minimum absolute atomic E-state index is 0.160. The van der Waals surface area contributed by atoms with Gasteiger partial charge in [-0.05, 0) is 30.4 Å². The van der Waals surface area contributed by atoms with Crippen molar-refractivity contribution < 1.29 is 13.2 Å². The van der Waals surface area contributed by atoms with E-state index in [0.717, 1.165) is 17.7 Å². The summed E-state index contributed by atoms with van der Waals surface area (Å²) in [7, 11) is -1.79. The summed E-state index contributed by atoms with van der Waals surface area (Å²) in [5.74, 6) is -0.221. The Labute approximate surface area is 139 Å². The van der Waals surface area contributed by atoms with Gasteiger partial charge in [-0.25, -0.2) is 8.42 Å². The van der Waals surface area contributed by atoms with Gasteiger partial charge in [0.05, 0.1) is 6.54 Å². The molecule has 1 saturated heterocycles. The summed E-state index contributed by atoms with van der Waals surface area (Å²) in [6, 6.07) is 5.33. The third kappa shape index (κ3) is 3.34. The van der Waals surface area contributed by atoms with E-state index in [9.17, 15) is 13.2 Å². The second-order valence-corrected chi connectivity index (χ2v) is 8.57. The number of hydrogen-bond acceptors (Lipinski definition) is 4. The average molecular weight is 353 g/mol. The highest BCUT2D eigenvalue weighted by Gasteiger charge is 2.29. The quantitative estimate of drug-likeness (QED) is 0.895. The Morgan fingerprint density at radius 3 is 2.78 bits per heavy atom. The maximum atomic E-state index is 12.5. The third-order valence-electron chi connectivity index (χ3n) is 3.91. The van der Waals surface area contributed by atoms with Crippen LogP contribution in [-0.4, -0.2) is 48.7 Å². The van der Waals surface area contributed by atoms with Gasteiger partial charge >= 0.3 is 0 Å². The lowest BCUT2D eigenvalue weighted by molar-refractivity contribution is 0.0781. The number of nitrogens with one attached hydrogen (secondary N) is 1. The number of aromatic amines is 1. The van der Waals surface area contributed by atoms with Crippen molar-refractivity contribution in [3.63, 3.8) is 0 Å². The number of H-pyrrole nitrogens is 1. The first kappa shape index (κ1) is 16.2. The van der Waals surface area contributed by atoms with Crippen LogP contribution in [0, 0.1) is 0 Å². The number of sulfonamides is 1. The standard InChI is InChI=1S/C15H19N3O3S2/c1-17(11-12-5-4-8-22-12)15(19)14-9-13(10-16-14)23(20,21)18-6-2-3-7-18/h4-5,8-10,16H,2-3,6-7,11H2,1H3. The van der Waals surface area contributed by atoms with E-state index < -0.39 is 10.0 Å². The van der Waals surface area contributed by atoms with Gasteiger partial charge in [-0.15, -0.1) is 11.3 Å². The minimum Gasteiger partial charge on any atom is -0.356 e. The van der Waals surface area contributed by atoms with Gasteiger partial charge in [0, 0.05) is 31.2 Å². The fourth-order valence-electron chi connectivity index (χ4n) is 2.64. The molecular weight excluding hydrogens is 334 g/mol. The number of carbonyl (C=O) groups excluding carboxylic acids is 1. The Morgan fingerprint density at radius 2 is 2.13 bits per heavy atom. The Hall–Kier alpha value is -1.64. The number of thiophene rings is 1. The second kappa shape index (κ2) is 6.46. The van der Waals surface area contributed by atoms with Crippen molar-refractivity contribution in [3.05, 3.63) is 40.3 Å². The molecular formula is C15H19N3O3S2. The lowest BCUT2D eigenvalue weighted by Crippen LogP contribution is -2.28. The van der Waals surface area contributed by atoms with Crippen molar-refractivity contribution in [1.29, 1.82) is 0 Å². The number of hydrogen-bond donors (Lipinski definition) is 1. The van der Waals surface area contributed by atoms with E-state index in [2.05, 4.69) is 4.98 Å². The zero-order valence-electron chi connectivity index (χ0n) is 12.9. The first-order valence-corrected chi connectivity index (χ1v) is 9.77. The van der Waals surface area contributed by atoms with Crippen molar-refractivity contribution in [2.24, 2.45) is 0 Å². The average Bonchev–Trinajstić information content (AvgIpc) is 3.26. The molecule has 0 saturated carbocycles. The molecule has 1 aliphatic rings. The molecule has 1 aliphatic heterocycles. The Balaban J connectivity index is 1.74. The SMILES string of the molecule is CN(Cc1cccs1)C(=O)c1cc(S(=O)(=O)N2CCCC2)c[nH]1. The molecule has 3 rings (SSSR count). The minimum atomic E-state index is -3.49. The summed E-state index contributed by atoms with van der Waals surface area (Å²) in [6.07, 6.45) is 3.18. The molecule has 0 bridgehead atoms. The van der Waals surface area contributed by atoms with E-state index in [-0.39, 0.29) is 10.8 Å². The fourth-order valence-corrected chi connectivity index (χ4v) is 4.91. The molecule has 0 aliphatic carbocycles. The van der Waals surface area contributed by atoms with Crippen LogP contribution in [0.1, 0.15) is 28.2 Å². The van der Waals surface area contributed by atoms with E-state index in [4.69, 9.17) is 0 Å². The Kier molecular flexibility index (Phi) is 4.56. The summed E-state index contributed by atoms with van der Waals surface area (Å²) in [6.45, 7) is 1.61. The number of nitrogens with zero attached hydrogens (tertiary/aromatic N) is 2. The summed E-state index contributed by atoms with van der Waals surface area (Å²) in [5, 5.41) is 1.96. The number of amides is 1. The summed E-state index contributed by atoms with van der Waals surface area (Å²) in [4.78, 5) is 18.0. The molecule has 6 nitrogen and oxygen atoms in total. The maximum Gasteiger partial charge on any atom is 0.270 e. The predicted molar refractivity (Wildman–Crippen MR) is 88.9 cm³/mol. The van der Waals surface area contributed by atoms with E-state index in [1.807, 2.05) is 17.5 Å². The van der Waals surface area contributed by atoms with Crippen LogP contribution < -0.4 is 0 Å². The highest BCUT2D eigenvalue weighted by atomic mass is 32.2. The monoisotopic (exact) mass is 353 g/mol. The molecule has 2 aromatic heterocycles. The molecule has 0 spiro atoms. The molecule has 0 atom stereocenters. The molecule has 1 amide bonds. The molecule has 8 heteroatoms. The van der Waals surface area contributed by atoms with Crippen LogP contribution in [0.25, 0.3) is 0 Å². The molecule has 3 heterocycles. The Morgan fingerprint density at radius 1 is 1.39 bits per heavy atom. The zero-order chi connectivity index (χ0) is 16.4. The lowest BCUT2D eigenvalue weighted by atomic mass is 10.3. The van der Waals surface area contributed by atoms with Gasteiger partial charge in [0.25, 0.3) is 5.91 Å². The fraction of sp³-hybridized carbons (Fsp3) is 0.400. The van der Waals surface area contributed by atoms with Crippen LogP contribution in [-0.2, 0) is 16.6 Å².